The number of fused-ring (bicyclic) bond motifs is 1. The summed E-state index contributed by atoms with van der Waals surface area (Å²) in [5, 5.41) is 4.83. The van der Waals surface area contributed by atoms with Crippen molar-refractivity contribution in [1.82, 2.24) is 4.98 Å². The highest BCUT2D eigenvalue weighted by Gasteiger charge is 2.19. The van der Waals surface area contributed by atoms with Gasteiger partial charge >= 0.3 is 0 Å². The molecule has 1 heterocycles. The lowest BCUT2D eigenvalue weighted by Crippen LogP contribution is -2.21. The average Bonchev–Trinajstić information content (AvgIpc) is 2.74. The zero-order valence-corrected chi connectivity index (χ0v) is 11.3. The van der Waals surface area contributed by atoms with Gasteiger partial charge in [-0.15, -0.1) is 0 Å². The Morgan fingerprint density at radius 3 is 2.79 bits per heavy atom. The number of Topliss-reactive ketones (excluding diaryl/α,β-unsaturated/α-hetero) is 1. The van der Waals surface area contributed by atoms with Crippen LogP contribution in [0.2, 0.25) is 0 Å². The Hall–Kier alpha value is -1.77. The monoisotopic (exact) mass is 256 g/mol. The van der Waals surface area contributed by atoms with Gasteiger partial charge in [0, 0.05) is 36.0 Å². The van der Waals surface area contributed by atoms with E-state index in [1.807, 2.05) is 0 Å². The molecular weight excluding hydrogens is 236 g/mol. The second-order valence-corrected chi connectivity index (χ2v) is 5.53. The van der Waals surface area contributed by atoms with E-state index in [2.05, 4.69) is 41.5 Å². The van der Waals surface area contributed by atoms with E-state index in [0.29, 0.717) is 11.7 Å². The number of para-hydroxylation sites is 1. The van der Waals surface area contributed by atoms with E-state index >= 15 is 0 Å². The van der Waals surface area contributed by atoms with Gasteiger partial charge in [0.1, 0.15) is 5.78 Å². The van der Waals surface area contributed by atoms with E-state index in [-0.39, 0.29) is 0 Å². The summed E-state index contributed by atoms with van der Waals surface area (Å²) >= 11 is 0. The first kappa shape index (κ1) is 12.3. The van der Waals surface area contributed by atoms with Crippen molar-refractivity contribution in [2.75, 3.05) is 11.9 Å². The number of carbonyl (C=O) groups is 1. The van der Waals surface area contributed by atoms with Gasteiger partial charge in [-0.2, -0.15) is 0 Å². The van der Waals surface area contributed by atoms with Gasteiger partial charge in [-0.1, -0.05) is 18.2 Å². The second kappa shape index (κ2) is 5.08. The molecule has 1 aliphatic rings. The Morgan fingerprint density at radius 2 is 2.00 bits per heavy atom. The normalized spacial score (nSPS) is 17.0. The van der Waals surface area contributed by atoms with E-state index in [1.54, 1.807) is 0 Å². The first-order valence-electron chi connectivity index (χ1n) is 7.07. The molecule has 0 radical (unpaired) electrons. The van der Waals surface area contributed by atoms with Crippen molar-refractivity contribution in [3.8, 4) is 0 Å². The summed E-state index contributed by atoms with van der Waals surface area (Å²) in [4.78, 5) is 14.7. The van der Waals surface area contributed by atoms with Crippen molar-refractivity contribution in [3.05, 3.63) is 30.0 Å². The quantitative estimate of drug-likeness (QED) is 0.880. The summed E-state index contributed by atoms with van der Waals surface area (Å²) in [6.07, 6.45) is 3.60. The molecule has 0 unspecified atom stereocenters. The van der Waals surface area contributed by atoms with Gasteiger partial charge in [-0.05, 0) is 31.7 Å². The van der Waals surface area contributed by atoms with Crippen molar-refractivity contribution in [2.24, 2.45) is 5.92 Å². The van der Waals surface area contributed by atoms with Gasteiger partial charge < -0.3 is 10.3 Å². The molecule has 0 amide bonds. The Labute approximate surface area is 113 Å². The molecule has 3 rings (SSSR count). The number of rotatable bonds is 3. The fourth-order valence-corrected chi connectivity index (χ4v) is 2.95. The number of benzene rings is 1. The van der Waals surface area contributed by atoms with Crippen molar-refractivity contribution in [3.63, 3.8) is 0 Å². The summed E-state index contributed by atoms with van der Waals surface area (Å²) < 4.78 is 0. The predicted octanol–water partition coefficient (Wildman–Crippen LogP) is 3.65. The third-order valence-electron chi connectivity index (χ3n) is 4.12. The third kappa shape index (κ3) is 2.50. The average molecular weight is 256 g/mol. The van der Waals surface area contributed by atoms with E-state index in [1.165, 1.54) is 22.3 Å². The molecule has 19 heavy (non-hydrogen) atoms. The standard InChI is InChI=1S/C16H20N2O/c1-11-16(14-4-2-3-5-15(14)18-11)17-10-12-6-8-13(19)9-7-12/h2-5,12,17-18H,6-10H2,1H3. The largest absolute Gasteiger partial charge is 0.383 e. The molecule has 1 fully saturated rings. The highest BCUT2D eigenvalue weighted by molar-refractivity contribution is 5.94. The molecule has 2 aromatic rings. The van der Waals surface area contributed by atoms with Gasteiger partial charge in [-0.25, -0.2) is 0 Å². The maximum absolute atomic E-state index is 11.2. The fourth-order valence-electron chi connectivity index (χ4n) is 2.95. The molecule has 1 aromatic carbocycles. The van der Waals surface area contributed by atoms with Crippen molar-refractivity contribution in [2.45, 2.75) is 32.6 Å². The van der Waals surface area contributed by atoms with Crippen molar-refractivity contribution in [1.29, 1.82) is 0 Å². The van der Waals surface area contributed by atoms with E-state index in [4.69, 9.17) is 0 Å². The molecule has 1 saturated carbocycles. The highest BCUT2D eigenvalue weighted by atomic mass is 16.1. The third-order valence-corrected chi connectivity index (χ3v) is 4.12. The number of ketones is 1. The Bertz CT molecular complexity index is 590. The number of aryl methyl sites for hydroxylation is 1. The summed E-state index contributed by atoms with van der Waals surface area (Å²) in [6, 6.07) is 8.37. The van der Waals surface area contributed by atoms with Crippen LogP contribution < -0.4 is 5.32 Å². The van der Waals surface area contributed by atoms with Gasteiger partial charge in [0.2, 0.25) is 0 Å². The lowest BCUT2D eigenvalue weighted by molar-refractivity contribution is -0.120. The van der Waals surface area contributed by atoms with Crippen LogP contribution in [0.25, 0.3) is 10.9 Å². The van der Waals surface area contributed by atoms with Gasteiger partial charge in [-0.3, -0.25) is 4.79 Å². The van der Waals surface area contributed by atoms with Crippen LogP contribution in [0.5, 0.6) is 0 Å². The molecule has 1 aromatic heterocycles. The molecule has 2 N–H and O–H groups in total. The molecule has 0 spiro atoms. The first-order chi connectivity index (χ1) is 9.24. The molecule has 0 aliphatic heterocycles. The lowest BCUT2D eigenvalue weighted by Gasteiger charge is -2.21. The molecule has 0 bridgehead atoms. The molecule has 0 atom stereocenters. The molecule has 3 heteroatoms. The number of hydrogen-bond acceptors (Lipinski definition) is 2. The summed E-state index contributed by atoms with van der Waals surface area (Å²) in [7, 11) is 0. The van der Waals surface area contributed by atoms with Crippen LogP contribution >= 0.6 is 0 Å². The predicted molar refractivity (Wildman–Crippen MR) is 78.5 cm³/mol. The van der Waals surface area contributed by atoms with Crippen LogP contribution in [0.4, 0.5) is 5.69 Å². The van der Waals surface area contributed by atoms with Gasteiger partial charge in [0.25, 0.3) is 0 Å². The van der Waals surface area contributed by atoms with Crippen LogP contribution in [0.15, 0.2) is 24.3 Å². The summed E-state index contributed by atoms with van der Waals surface area (Å²) in [5.41, 5.74) is 3.59. The Balaban J connectivity index is 1.71. The van der Waals surface area contributed by atoms with E-state index in [0.717, 1.165) is 32.2 Å². The molecule has 100 valence electrons. The second-order valence-electron chi connectivity index (χ2n) is 5.53. The minimum Gasteiger partial charge on any atom is -0.383 e. The van der Waals surface area contributed by atoms with E-state index in [9.17, 15) is 4.79 Å². The number of nitrogens with one attached hydrogen (secondary N) is 2. The molecule has 1 aliphatic carbocycles. The highest BCUT2D eigenvalue weighted by Crippen LogP contribution is 2.28. The first-order valence-corrected chi connectivity index (χ1v) is 7.07. The van der Waals surface area contributed by atoms with Crippen LogP contribution in [-0.2, 0) is 4.79 Å². The van der Waals surface area contributed by atoms with Crippen molar-refractivity contribution >= 4 is 22.4 Å². The zero-order valence-electron chi connectivity index (χ0n) is 11.3. The van der Waals surface area contributed by atoms with Crippen LogP contribution in [0.1, 0.15) is 31.4 Å². The Morgan fingerprint density at radius 1 is 1.26 bits per heavy atom. The van der Waals surface area contributed by atoms with E-state index < -0.39 is 0 Å². The molecule has 3 nitrogen and oxygen atoms in total. The topological polar surface area (TPSA) is 44.9 Å². The maximum Gasteiger partial charge on any atom is 0.132 e. The SMILES string of the molecule is Cc1[nH]c2ccccc2c1NCC1CCC(=O)CC1. The van der Waals surface area contributed by atoms with Crippen LogP contribution in [0.3, 0.4) is 0 Å². The lowest BCUT2D eigenvalue weighted by atomic mass is 9.88. The fraction of sp³-hybridized carbons (Fsp3) is 0.438. The van der Waals surface area contributed by atoms with Crippen LogP contribution in [0, 0.1) is 12.8 Å². The number of H-pyrrole nitrogens is 1. The number of hydrogen-bond donors (Lipinski definition) is 2. The molecular formula is C16H20N2O. The summed E-state index contributed by atoms with van der Waals surface area (Å²) in [6.45, 7) is 3.07. The van der Waals surface area contributed by atoms with Gasteiger partial charge in [0.05, 0.1) is 5.69 Å². The Kier molecular flexibility index (Phi) is 3.28. The minimum absolute atomic E-state index is 0.430. The number of carbonyl (C=O) groups excluding carboxylic acids is 1. The zero-order chi connectivity index (χ0) is 13.2. The number of aromatic amines is 1. The van der Waals surface area contributed by atoms with Crippen molar-refractivity contribution < 1.29 is 4.79 Å². The number of anilines is 1. The number of aromatic nitrogens is 1. The maximum atomic E-state index is 11.2. The molecule has 0 saturated heterocycles. The van der Waals surface area contributed by atoms with Crippen LogP contribution in [-0.4, -0.2) is 17.3 Å². The smallest absolute Gasteiger partial charge is 0.132 e. The van der Waals surface area contributed by atoms with Gasteiger partial charge in [0.15, 0.2) is 0 Å². The minimum atomic E-state index is 0.430. The summed E-state index contributed by atoms with van der Waals surface area (Å²) in [5.74, 6) is 1.06.